The number of benzene rings is 7. The van der Waals surface area contributed by atoms with E-state index in [4.69, 9.17) is 5.73 Å². The van der Waals surface area contributed by atoms with Crippen LogP contribution in [0.25, 0.3) is 111 Å². The van der Waals surface area contributed by atoms with Crippen molar-refractivity contribution in [1.29, 1.82) is 0 Å². The lowest BCUT2D eigenvalue weighted by molar-refractivity contribution is -0.385. The molecule has 5 N–H and O–H groups in total. The van der Waals surface area contributed by atoms with Crippen LogP contribution in [0.5, 0.6) is 0 Å². The summed E-state index contributed by atoms with van der Waals surface area (Å²) in [4.78, 5) is 143. The number of non-ortho nitro benzene ring substituents is 4. The lowest BCUT2D eigenvalue weighted by atomic mass is 9.92. The molecule has 0 spiro atoms. The van der Waals surface area contributed by atoms with Crippen molar-refractivity contribution in [3.8, 4) is 55.6 Å². The molecule has 0 fully saturated rings. The molecule has 22 rings (SSSR count). The Morgan fingerprint density at radius 1 is 0.358 bits per heavy atom. The fraction of sp³-hybridized carbons (Fsp3) is 0.0364. The Bertz CT molecular complexity index is 9060. The van der Waals surface area contributed by atoms with Gasteiger partial charge in [0.15, 0.2) is 28.6 Å². The van der Waals surface area contributed by atoms with E-state index >= 15 is 0 Å². The molecule has 22 aromatic rings. The van der Waals surface area contributed by atoms with Crippen molar-refractivity contribution in [1.82, 2.24) is 72.7 Å². The quantitative estimate of drug-likeness (QED) is 0.0161. The van der Waals surface area contributed by atoms with Gasteiger partial charge in [-0.25, -0.2) is 49.7 Å². The van der Waals surface area contributed by atoms with Crippen molar-refractivity contribution < 1.29 is 55.7 Å². The van der Waals surface area contributed by atoms with E-state index in [1.54, 1.807) is 177 Å². The number of nitrogen functional groups attached to an aromatic ring is 1. The van der Waals surface area contributed by atoms with Gasteiger partial charge in [0, 0.05) is 294 Å². The minimum absolute atomic E-state index is 0.00500. The number of pyridine rings is 10. The lowest BCUT2D eigenvalue weighted by Gasteiger charge is -2.11. The van der Waals surface area contributed by atoms with Crippen molar-refractivity contribution in [3.63, 3.8) is 0 Å². The van der Waals surface area contributed by atoms with Gasteiger partial charge in [-0.05, 0) is 128 Å². The highest BCUT2D eigenvalue weighted by molar-refractivity contribution is 7.90. The number of nitrogens with zero attached hydrogens (tertiary/aromatic N) is 16. The van der Waals surface area contributed by atoms with Gasteiger partial charge in [0.25, 0.3) is 42.8 Å². The SMILES string of the molecule is CC(c1cccc([N+](=O)[O-])c1)c1c[nH]c2ncc(-c3cccnc3)cc12.Cc1ccc(S(=O)(=O)n2cc(C(=O)c3cccc(N)c3)c3cc(-c4cccnc4)cnc32)cc1.Cc1ccc(S(=O)(=O)n2cc(C(=O)c3cccc([N+](=O)[O-])c3)c3cc(-c4cccnc4)cnc32)cc1.O=C(c1cccc([N+](=O)[O-])c1)c1c[nH]c2ncc(-c3cccnc3)cc12.O=Cc1cccc([N+](=O)[O-])c1.c1cncc(-c2cnc3[nH]ccc3c2)c1. The molecule has 7 aromatic carbocycles. The maximum absolute atomic E-state index is 13.5. The van der Waals surface area contributed by atoms with E-state index in [1.165, 1.54) is 104 Å². The molecule has 1 atom stereocenters. The topological polar surface area (TPSA) is 521 Å². The van der Waals surface area contributed by atoms with Crippen LogP contribution in [0.15, 0.2) is 401 Å². The molecule has 15 aromatic heterocycles. The number of ketones is 3. The number of carbonyl (C=O) groups excluding carboxylic acids is 4. The van der Waals surface area contributed by atoms with Crippen LogP contribution in [0.3, 0.4) is 0 Å². The largest absolute Gasteiger partial charge is 0.399 e. The van der Waals surface area contributed by atoms with E-state index in [1.807, 2.05) is 118 Å². The van der Waals surface area contributed by atoms with Crippen molar-refractivity contribution in [3.05, 3.63) is 493 Å². The first-order valence-electron chi connectivity index (χ1n) is 45.0. The van der Waals surface area contributed by atoms with Crippen LogP contribution in [0.4, 0.5) is 28.4 Å². The summed E-state index contributed by atoms with van der Waals surface area (Å²) in [5.74, 6) is -1.22. The summed E-state index contributed by atoms with van der Waals surface area (Å²) < 4.78 is 56.2. The molecule has 0 bridgehead atoms. The highest BCUT2D eigenvalue weighted by Crippen LogP contribution is 2.38. The van der Waals surface area contributed by atoms with Crippen LogP contribution in [-0.4, -0.2) is 133 Å². The fourth-order valence-electron chi connectivity index (χ4n) is 16.0. The zero-order valence-electron chi connectivity index (χ0n) is 78.2. The Balaban J connectivity index is 0.000000125. The summed E-state index contributed by atoms with van der Waals surface area (Å²) in [6.07, 6.45) is 34.2. The molecule has 36 nitrogen and oxygen atoms in total. The second kappa shape index (κ2) is 43.8. The second-order valence-electron chi connectivity index (χ2n) is 33.3. The van der Waals surface area contributed by atoms with Crippen LogP contribution in [0.1, 0.15) is 93.2 Å². The van der Waals surface area contributed by atoms with Crippen LogP contribution in [-0.2, 0) is 20.0 Å². The third-order valence-corrected chi connectivity index (χ3v) is 27.0. The number of carbonyl (C=O) groups is 4. The molecule has 0 aliphatic rings. The smallest absolute Gasteiger partial charge is 0.270 e. The number of hydrogen-bond donors (Lipinski definition) is 4. The van der Waals surface area contributed by atoms with Crippen LogP contribution >= 0.6 is 0 Å². The number of aromatic nitrogens is 15. The number of nitro benzene ring substituents is 4. The zero-order chi connectivity index (χ0) is 104. The van der Waals surface area contributed by atoms with E-state index in [0.717, 1.165) is 96.8 Å². The molecule has 38 heteroatoms. The number of rotatable bonds is 22. The van der Waals surface area contributed by atoms with Crippen molar-refractivity contribution in [2.75, 3.05) is 5.73 Å². The van der Waals surface area contributed by atoms with E-state index in [-0.39, 0.29) is 88.5 Å². The molecule has 0 aliphatic heterocycles. The molecule has 15 heterocycles. The Labute approximate surface area is 840 Å². The average Bonchev–Trinajstić information content (AvgIpc) is 1.59. The molecule has 1 unspecified atom stereocenters. The number of aromatic amines is 3. The van der Waals surface area contributed by atoms with Crippen LogP contribution < -0.4 is 5.73 Å². The Hall–Kier alpha value is -20.3. The van der Waals surface area contributed by atoms with E-state index in [0.29, 0.717) is 61.6 Å². The predicted octanol–water partition coefficient (Wildman–Crippen LogP) is 21.7. The number of H-pyrrole nitrogens is 3. The first kappa shape index (κ1) is 99.3. The van der Waals surface area contributed by atoms with E-state index < -0.39 is 40.6 Å². The summed E-state index contributed by atoms with van der Waals surface area (Å²) >= 11 is 0. The standard InChI is InChI=1S/C26H18N4O5S.C26H20N4O3S.C20H16N4O2.C19H12N4O3.C12H9N3.C7H5NO3/c1-17-7-9-22(10-8-17)36(34,35)29-16-24(25(31)18-4-2-6-21(12-18)30(32)33)23-13-20(15-28-26(23)29)19-5-3-11-27-14-19;1-17-7-9-22(10-8-17)34(32,33)30-16-24(25(31)18-4-2-6-21(27)12-18)23-13-20(15-29-26(23)30)19-5-3-11-28-14-19;1-13(14-4-2-6-17(8-14)24(25)26)19-12-23-20-18(19)9-16(11-22-20)15-5-3-7-21-10-15;24-18(12-3-1-5-15(7-12)23(25)26)17-11-22-19-16(17)8-14(10-21-19)13-4-2-6-20-9-13;1-2-10(7-13-4-1)11-6-9-3-5-14-12(9)15-8-11;9-5-6-2-1-3-7(4-6)8(10)11/h2-16H,1H3;2-16H,27H2,1H3;2-13H,1H3,(H,22,23);1-11H,(H,21,22);1-8H,(H,14,15);1-5H. The van der Waals surface area contributed by atoms with Crippen molar-refractivity contribution in [2.24, 2.45) is 0 Å². The number of hydrogen-bond acceptors (Lipinski definition) is 27. The molecule has 728 valence electrons. The van der Waals surface area contributed by atoms with Crippen LogP contribution in [0, 0.1) is 54.3 Å². The molecular weight excluding hydrogens is 1920 g/mol. The number of nitro groups is 4. The molecule has 0 aliphatic carbocycles. The van der Waals surface area contributed by atoms with E-state index in [2.05, 4.69) is 76.9 Å². The summed E-state index contributed by atoms with van der Waals surface area (Å²) in [6, 6.07) is 73.1. The van der Waals surface area contributed by atoms with Gasteiger partial charge in [0.2, 0.25) is 0 Å². The third kappa shape index (κ3) is 22.2. The molecule has 0 radical (unpaired) electrons. The van der Waals surface area contributed by atoms with Gasteiger partial charge in [-0.3, -0.25) is 84.6 Å². The minimum atomic E-state index is -4.09. The number of fused-ring (bicyclic) bond motifs is 5. The number of nitrogens with one attached hydrogen (secondary N) is 3. The molecule has 0 saturated heterocycles. The van der Waals surface area contributed by atoms with Gasteiger partial charge in [-0.2, -0.15) is 0 Å². The highest BCUT2D eigenvalue weighted by atomic mass is 32.2. The Kier molecular flexibility index (Phi) is 29.4. The molecule has 148 heavy (non-hydrogen) atoms. The van der Waals surface area contributed by atoms with Crippen molar-refractivity contribution in [2.45, 2.75) is 36.5 Å². The first-order valence-corrected chi connectivity index (χ1v) is 47.9. The van der Waals surface area contributed by atoms with Crippen molar-refractivity contribution >= 4 is 127 Å². The minimum Gasteiger partial charge on any atom is -0.399 e. The summed E-state index contributed by atoms with van der Waals surface area (Å²) in [5, 5.41) is 46.9. The van der Waals surface area contributed by atoms with Gasteiger partial charge < -0.3 is 20.7 Å². The first-order chi connectivity index (χ1) is 71.5. The molecule has 0 amide bonds. The third-order valence-electron chi connectivity index (χ3n) is 23.6. The Morgan fingerprint density at radius 2 is 0.723 bits per heavy atom. The zero-order valence-corrected chi connectivity index (χ0v) is 79.8. The lowest BCUT2D eigenvalue weighted by Crippen LogP contribution is -2.12. The fourth-order valence-corrected chi connectivity index (χ4v) is 18.6. The maximum Gasteiger partial charge on any atom is 0.270 e. The van der Waals surface area contributed by atoms with Gasteiger partial charge >= 0.3 is 0 Å². The maximum atomic E-state index is 13.5. The summed E-state index contributed by atoms with van der Waals surface area (Å²) in [7, 11) is -8.09. The molecule has 0 saturated carbocycles. The number of aldehydes is 1. The summed E-state index contributed by atoms with van der Waals surface area (Å²) in [5.41, 5.74) is 22.7. The van der Waals surface area contributed by atoms with Crippen LogP contribution in [0.2, 0.25) is 0 Å². The monoisotopic (exact) mass is 2000 g/mol. The van der Waals surface area contributed by atoms with E-state index in [9.17, 15) is 76.5 Å². The second-order valence-corrected chi connectivity index (χ2v) is 36.9. The predicted molar refractivity (Wildman–Crippen MR) is 558 cm³/mol. The average molecular weight is 2000 g/mol. The van der Waals surface area contributed by atoms with Gasteiger partial charge in [0.1, 0.15) is 23.2 Å². The molecular formula is C110H80N20O16S2. The number of aryl methyl sites for hydroxylation is 2. The summed E-state index contributed by atoms with van der Waals surface area (Å²) in [6.45, 7) is 5.77. The Morgan fingerprint density at radius 3 is 1.15 bits per heavy atom. The van der Waals surface area contributed by atoms with Gasteiger partial charge in [-0.15, -0.1) is 0 Å². The van der Waals surface area contributed by atoms with Gasteiger partial charge in [0.05, 0.1) is 40.6 Å². The number of anilines is 1. The highest BCUT2D eigenvalue weighted by Gasteiger charge is 2.30. The van der Waals surface area contributed by atoms with Gasteiger partial charge in [-0.1, -0.05) is 133 Å². The normalized spacial score (nSPS) is 11.2. The number of nitrogens with two attached hydrogens (primary N) is 1.